The highest BCUT2D eigenvalue weighted by atomic mass is 35.5. The summed E-state index contributed by atoms with van der Waals surface area (Å²) in [6.45, 7) is 1.19. The number of amides is 1. The van der Waals surface area contributed by atoms with Crippen LogP contribution in [0.3, 0.4) is 0 Å². The number of halogens is 3. The van der Waals surface area contributed by atoms with Crippen molar-refractivity contribution in [2.75, 3.05) is 18.5 Å². The van der Waals surface area contributed by atoms with Gasteiger partial charge in [-0.3, -0.25) is 4.79 Å². The maximum absolute atomic E-state index is 14.5. The lowest BCUT2D eigenvalue weighted by Gasteiger charge is -2.23. The zero-order valence-corrected chi connectivity index (χ0v) is 22.2. The molecule has 0 saturated carbocycles. The van der Waals surface area contributed by atoms with Crippen molar-refractivity contribution in [1.82, 2.24) is 4.31 Å². The zero-order valence-electron chi connectivity index (χ0n) is 19.9. The van der Waals surface area contributed by atoms with Crippen molar-refractivity contribution < 1.29 is 27.1 Å². The molecule has 196 valence electrons. The zero-order chi connectivity index (χ0) is 27.0. The van der Waals surface area contributed by atoms with Gasteiger partial charge in [-0.1, -0.05) is 42.6 Å². The molecule has 37 heavy (non-hydrogen) atoms. The molecule has 0 saturated heterocycles. The second-order valence-corrected chi connectivity index (χ2v) is 10.8. The highest BCUT2D eigenvalue weighted by Gasteiger charge is 2.28. The lowest BCUT2D eigenvalue weighted by atomic mass is 10.2. The molecule has 0 aromatic heterocycles. The van der Waals surface area contributed by atoms with Gasteiger partial charge >= 0.3 is 5.97 Å². The minimum absolute atomic E-state index is 0.0260. The van der Waals surface area contributed by atoms with Crippen molar-refractivity contribution >= 4 is 50.8 Å². The Bertz CT molecular complexity index is 1330. The molecular weight excluding hydrogens is 542 g/mol. The molecule has 0 aliphatic rings. The summed E-state index contributed by atoms with van der Waals surface area (Å²) in [5, 5.41) is 2.95. The number of nitrogens with one attached hydrogen (secondary N) is 1. The van der Waals surface area contributed by atoms with Crippen molar-refractivity contribution in [2.24, 2.45) is 0 Å². The third-order valence-corrected chi connectivity index (χ3v) is 7.71. The van der Waals surface area contributed by atoms with Gasteiger partial charge in [0.2, 0.25) is 15.9 Å². The van der Waals surface area contributed by atoms with Crippen LogP contribution in [0.25, 0.3) is 0 Å². The van der Waals surface area contributed by atoms with Crippen molar-refractivity contribution in [1.29, 1.82) is 0 Å². The summed E-state index contributed by atoms with van der Waals surface area (Å²) < 4.78 is 47.2. The standard InChI is InChI=1S/C26H25Cl2FN2O5S/c1-2-3-15-36-26(33)18-7-11-20(12-8-18)30-25(32)17-31(16-22-23(28)5-4-6-24(22)29)37(34,35)21-13-9-19(27)10-14-21/h4-14H,2-3,15-17H2,1H3,(H,30,32). The molecule has 3 aromatic rings. The molecule has 0 unspecified atom stereocenters. The Morgan fingerprint density at radius 3 is 2.30 bits per heavy atom. The van der Waals surface area contributed by atoms with Crippen LogP contribution < -0.4 is 5.32 Å². The van der Waals surface area contributed by atoms with Gasteiger partial charge < -0.3 is 10.1 Å². The largest absolute Gasteiger partial charge is 0.462 e. The highest BCUT2D eigenvalue weighted by molar-refractivity contribution is 7.89. The molecule has 3 aromatic carbocycles. The Morgan fingerprint density at radius 1 is 1.00 bits per heavy atom. The predicted octanol–water partition coefficient (Wildman–Crippen LogP) is 5.92. The van der Waals surface area contributed by atoms with Gasteiger partial charge in [0.1, 0.15) is 5.82 Å². The predicted molar refractivity (Wildman–Crippen MR) is 141 cm³/mol. The van der Waals surface area contributed by atoms with E-state index in [4.69, 9.17) is 27.9 Å². The molecule has 0 atom stereocenters. The molecule has 1 N–H and O–H groups in total. The van der Waals surface area contributed by atoms with E-state index in [2.05, 4.69) is 5.32 Å². The van der Waals surface area contributed by atoms with Crippen molar-refractivity contribution in [2.45, 2.75) is 31.2 Å². The topological polar surface area (TPSA) is 92.8 Å². The van der Waals surface area contributed by atoms with E-state index >= 15 is 0 Å². The first-order chi connectivity index (χ1) is 17.6. The number of carbonyl (C=O) groups is 2. The lowest BCUT2D eigenvalue weighted by molar-refractivity contribution is -0.116. The number of sulfonamides is 1. The number of nitrogens with zero attached hydrogens (tertiary/aromatic N) is 1. The second-order valence-electron chi connectivity index (χ2n) is 8.04. The molecule has 11 heteroatoms. The molecule has 0 spiro atoms. The third-order valence-electron chi connectivity index (χ3n) is 5.30. The van der Waals surface area contributed by atoms with Gasteiger partial charge in [-0.15, -0.1) is 0 Å². The fourth-order valence-corrected chi connectivity index (χ4v) is 5.00. The number of anilines is 1. The van der Waals surface area contributed by atoms with Gasteiger partial charge in [0.15, 0.2) is 0 Å². The molecule has 0 heterocycles. The van der Waals surface area contributed by atoms with E-state index in [9.17, 15) is 22.4 Å². The Morgan fingerprint density at radius 2 is 1.68 bits per heavy atom. The molecular formula is C26H25Cl2FN2O5S. The Balaban J connectivity index is 1.79. The number of esters is 1. The molecule has 0 bridgehead atoms. The number of ether oxygens (including phenoxy) is 1. The van der Waals surface area contributed by atoms with Crippen LogP contribution >= 0.6 is 23.2 Å². The van der Waals surface area contributed by atoms with E-state index in [0.29, 0.717) is 22.9 Å². The van der Waals surface area contributed by atoms with E-state index < -0.39 is 40.8 Å². The molecule has 0 aliphatic heterocycles. The summed E-state index contributed by atoms with van der Waals surface area (Å²) in [5.41, 5.74) is 0.582. The fraction of sp³-hybridized carbons (Fsp3) is 0.231. The maximum Gasteiger partial charge on any atom is 0.338 e. The maximum atomic E-state index is 14.5. The Hall–Kier alpha value is -2.98. The van der Waals surface area contributed by atoms with Crippen LogP contribution in [-0.4, -0.2) is 37.8 Å². The van der Waals surface area contributed by atoms with E-state index in [1.54, 1.807) is 0 Å². The summed E-state index contributed by atoms with van der Waals surface area (Å²) in [5.74, 6) is -1.86. The third kappa shape index (κ3) is 7.75. The molecule has 0 radical (unpaired) electrons. The Kier molecular flexibility index (Phi) is 10.0. The molecule has 1 amide bonds. The summed E-state index contributed by atoms with van der Waals surface area (Å²) in [4.78, 5) is 24.8. The van der Waals surface area contributed by atoms with Gasteiger partial charge in [-0.2, -0.15) is 4.31 Å². The first-order valence-corrected chi connectivity index (χ1v) is 13.6. The summed E-state index contributed by atoms with van der Waals surface area (Å²) in [7, 11) is -4.24. The average molecular weight is 567 g/mol. The van der Waals surface area contributed by atoms with Crippen LogP contribution in [0.5, 0.6) is 0 Å². The highest BCUT2D eigenvalue weighted by Crippen LogP contribution is 2.25. The molecule has 7 nitrogen and oxygen atoms in total. The number of hydrogen-bond acceptors (Lipinski definition) is 5. The minimum Gasteiger partial charge on any atom is -0.462 e. The number of unbranched alkanes of at least 4 members (excludes halogenated alkanes) is 1. The number of rotatable bonds is 11. The van der Waals surface area contributed by atoms with Crippen LogP contribution in [0.4, 0.5) is 10.1 Å². The van der Waals surface area contributed by atoms with Crippen molar-refractivity contribution in [3.05, 3.63) is 93.7 Å². The quantitative estimate of drug-likeness (QED) is 0.230. The Labute approximate surface area is 225 Å². The van der Waals surface area contributed by atoms with E-state index in [1.165, 1.54) is 60.7 Å². The van der Waals surface area contributed by atoms with Gasteiger partial charge in [0.25, 0.3) is 0 Å². The molecule has 3 rings (SSSR count). The number of hydrogen-bond donors (Lipinski definition) is 1. The SMILES string of the molecule is CCCCOC(=O)c1ccc(NC(=O)CN(Cc2c(F)cccc2Cl)S(=O)(=O)c2ccc(Cl)cc2)cc1. The summed E-state index contributed by atoms with van der Waals surface area (Å²) >= 11 is 12.0. The van der Waals surface area contributed by atoms with Crippen LogP contribution in [-0.2, 0) is 26.1 Å². The number of carbonyl (C=O) groups excluding carboxylic acids is 2. The molecule has 0 fully saturated rings. The lowest BCUT2D eigenvalue weighted by Crippen LogP contribution is -2.37. The van der Waals surface area contributed by atoms with Crippen LogP contribution in [0, 0.1) is 5.82 Å². The minimum atomic E-state index is -4.24. The van der Waals surface area contributed by atoms with Crippen molar-refractivity contribution in [3.8, 4) is 0 Å². The van der Waals surface area contributed by atoms with Crippen molar-refractivity contribution in [3.63, 3.8) is 0 Å². The van der Waals surface area contributed by atoms with Crippen LogP contribution in [0.15, 0.2) is 71.6 Å². The van der Waals surface area contributed by atoms with E-state index in [0.717, 1.165) is 23.2 Å². The first kappa shape index (κ1) is 28.6. The second kappa shape index (κ2) is 13.0. The molecule has 0 aliphatic carbocycles. The van der Waals surface area contributed by atoms with E-state index in [-0.39, 0.29) is 15.5 Å². The summed E-state index contributed by atoms with van der Waals surface area (Å²) in [6, 6.07) is 15.4. The van der Waals surface area contributed by atoms with E-state index in [1.807, 2.05) is 6.92 Å². The smallest absolute Gasteiger partial charge is 0.338 e. The normalized spacial score (nSPS) is 11.4. The monoisotopic (exact) mass is 566 g/mol. The van der Waals surface area contributed by atoms with Crippen LogP contribution in [0.1, 0.15) is 35.7 Å². The first-order valence-electron chi connectivity index (χ1n) is 11.4. The van der Waals surface area contributed by atoms with Gasteiger partial charge in [0.05, 0.1) is 23.6 Å². The van der Waals surface area contributed by atoms with Gasteiger partial charge in [0, 0.05) is 27.8 Å². The van der Waals surface area contributed by atoms with Gasteiger partial charge in [-0.25, -0.2) is 17.6 Å². The van der Waals surface area contributed by atoms with Gasteiger partial charge in [-0.05, 0) is 67.1 Å². The van der Waals surface area contributed by atoms with Crippen LogP contribution in [0.2, 0.25) is 10.0 Å². The average Bonchev–Trinajstić information content (AvgIpc) is 2.86. The summed E-state index contributed by atoms with van der Waals surface area (Å²) in [6.07, 6.45) is 1.65. The number of benzene rings is 3. The fourth-order valence-electron chi connectivity index (χ4n) is 3.28.